The highest BCUT2D eigenvalue weighted by atomic mass is 35.5. The first-order valence-electron chi connectivity index (χ1n) is 8.66. The standard InChI is InChI=1S/C20H16ClN3O4/c21-14-5-3-6-15(11-14)24-9-8-23(20(24)27)12-18(25)22-16-10-13-4-1-2-7-17(13)28-19(16)26/h1-7,10-11H,8-9,12H2,(H,22,25). The Hall–Kier alpha value is -3.32. The van der Waals surface area contributed by atoms with E-state index >= 15 is 0 Å². The highest BCUT2D eigenvalue weighted by molar-refractivity contribution is 6.30. The molecule has 0 saturated carbocycles. The van der Waals surface area contributed by atoms with Gasteiger partial charge in [-0.15, -0.1) is 0 Å². The number of hydrogen-bond donors (Lipinski definition) is 1. The van der Waals surface area contributed by atoms with Crippen LogP contribution in [-0.2, 0) is 4.79 Å². The zero-order valence-electron chi connectivity index (χ0n) is 14.7. The average Bonchev–Trinajstić information content (AvgIpc) is 3.02. The van der Waals surface area contributed by atoms with Gasteiger partial charge in [0.2, 0.25) is 5.91 Å². The van der Waals surface area contributed by atoms with Crippen molar-refractivity contribution in [1.29, 1.82) is 0 Å². The molecule has 8 heteroatoms. The van der Waals surface area contributed by atoms with Crippen molar-refractivity contribution < 1.29 is 14.0 Å². The molecule has 142 valence electrons. The van der Waals surface area contributed by atoms with Gasteiger partial charge in [0.05, 0.1) is 0 Å². The largest absolute Gasteiger partial charge is 0.421 e. The second-order valence-corrected chi connectivity index (χ2v) is 6.81. The van der Waals surface area contributed by atoms with Crippen LogP contribution in [0.5, 0.6) is 0 Å². The van der Waals surface area contributed by atoms with E-state index in [1.165, 1.54) is 4.90 Å². The van der Waals surface area contributed by atoms with Gasteiger partial charge in [0.25, 0.3) is 0 Å². The lowest BCUT2D eigenvalue weighted by Gasteiger charge is -2.18. The Kier molecular flexibility index (Phi) is 4.75. The number of hydrogen-bond acceptors (Lipinski definition) is 4. The summed E-state index contributed by atoms with van der Waals surface area (Å²) in [5.74, 6) is -0.469. The van der Waals surface area contributed by atoms with E-state index in [1.54, 1.807) is 59.5 Å². The Morgan fingerprint density at radius 3 is 2.71 bits per heavy atom. The van der Waals surface area contributed by atoms with Gasteiger partial charge in [0.1, 0.15) is 17.8 Å². The quantitative estimate of drug-likeness (QED) is 0.684. The molecule has 1 aromatic heterocycles. The maximum absolute atomic E-state index is 12.6. The summed E-state index contributed by atoms with van der Waals surface area (Å²) in [5.41, 5.74) is 0.523. The normalized spacial score (nSPS) is 14.0. The zero-order valence-corrected chi connectivity index (χ0v) is 15.5. The molecule has 28 heavy (non-hydrogen) atoms. The third-order valence-corrected chi connectivity index (χ3v) is 4.70. The van der Waals surface area contributed by atoms with Crippen LogP contribution in [0.25, 0.3) is 11.0 Å². The van der Waals surface area contributed by atoms with Crippen LogP contribution < -0.4 is 15.8 Å². The number of nitrogens with one attached hydrogen (secondary N) is 1. The fraction of sp³-hybridized carbons (Fsp3) is 0.150. The first kappa shape index (κ1) is 18.1. The number of carbonyl (C=O) groups is 2. The first-order valence-corrected chi connectivity index (χ1v) is 9.04. The minimum absolute atomic E-state index is 0.0436. The summed E-state index contributed by atoms with van der Waals surface area (Å²) in [7, 11) is 0. The number of anilines is 2. The van der Waals surface area contributed by atoms with E-state index in [0.717, 1.165) is 0 Å². The predicted molar refractivity (Wildman–Crippen MR) is 107 cm³/mol. The van der Waals surface area contributed by atoms with Gasteiger partial charge in [0.15, 0.2) is 0 Å². The lowest BCUT2D eigenvalue weighted by atomic mass is 10.2. The van der Waals surface area contributed by atoms with Gasteiger partial charge in [0, 0.05) is 29.2 Å². The summed E-state index contributed by atoms with van der Waals surface area (Å²) >= 11 is 5.98. The van der Waals surface area contributed by atoms with Crippen molar-refractivity contribution in [1.82, 2.24) is 4.90 Å². The van der Waals surface area contributed by atoms with Crippen molar-refractivity contribution in [3.8, 4) is 0 Å². The van der Waals surface area contributed by atoms with E-state index in [2.05, 4.69) is 5.32 Å². The SMILES string of the molecule is O=C(CN1CCN(c2cccc(Cl)c2)C1=O)Nc1cc2ccccc2oc1=O. The molecule has 0 spiro atoms. The van der Waals surface area contributed by atoms with Crippen LogP contribution in [0.4, 0.5) is 16.2 Å². The van der Waals surface area contributed by atoms with Crippen LogP contribution in [0.15, 0.2) is 63.8 Å². The summed E-state index contributed by atoms with van der Waals surface area (Å²) in [4.78, 5) is 40.0. The van der Waals surface area contributed by atoms with Gasteiger partial charge >= 0.3 is 11.7 Å². The second kappa shape index (κ2) is 7.36. The van der Waals surface area contributed by atoms with Crippen LogP contribution in [0.2, 0.25) is 5.02 Å². The number of benzene rings is 2. The van der Waals surface area contributed by atoms with Gasteiger partial charge in [-0.05, 0) is 30.3 Å². The maximum Gasteiger partial charge on any atom is 0.360 e. The van der Waals surface area contributed by atoms with Crippen molar-refractivity contribution in [2.24, 2.45) is 0 Å². The Labute approximate surface area is 165 Å². The first-order chi connectivity index (χ1) is 13.5. The van der Waals surface area contributed by atoms with Crippen LogP contribution >= 0.6 is 11.6 Å². The minimum atomic E-state index is -0.639. The Balaban J connectivity index is 1.45. The Bertz CT molecular complexity index is 1130. The van der Waals surface area contributed by atoms with Crippen molar-refractivity contribution in [3.63, 3.8) is 0 Å². The highest BCUT2D eigenvalue weighted by Gasteiger charge is 2.31. The van der Waals surface area contributed by atoms with E-state index in [-0.39, 0.29) is 18.3 Å². The van der Waals surface area contributed by atoms with Crippen LogP contribution in [0.1, 0.15) is 0 Å². The number of para-hydroxylation sites is 1. The van der Waals surface area contributed by atoms with E-state index in [9.17, 15) is 14.4 Å². The van der Waals surface area contributed by atoms with E-state index in [1.807, 2.05) is 0 Å². The number of urea groups is 1. The van der Waals surface area contributed by atoms with Gasteiger partial charge in [-0.25, -0.2) is 9.59 Å². The number of carbonyl (C=O) groups excluding carboxylic acids is 2. The molecule has 3 amide bonds. The molecule has 1 N–H and O–H groups in total. The third-order valence-electron chi connectivity index (χ3n) is 4.46. The van der Waals surface area contributed by atoms with Gasteiger partial charge in [-0.2, -0.15) is 0 Å². The van der Waals surface area contributed by atoms with Crippen molar-refractivity contribution in [2.75, 3.05) is 29.9 Å². The molecule has 4 rings (SSSR count). The monoisotopic (exact) mass is 397 g/mol. The smallest absolute Gasteiger partial charge is 0.360 e. The number of rotatable bonds is 4. The minimum Gasteiger partial charge on any atom is -0.421 e. The summed E-state index contributed by atoms with van der Waals surface area (Å²) < 4.78 is 5.20. The summed E-state index contributed by atoms with van der Waals surface area (Å²) in [5, 5.41) is 3.76. The van der Waals surface area contributed by atoms with Crippen molar-refractivity contribution in [2.45, 2.75) is 0 Å². The summed E-state index contributed by atoms with van der Waals surface area (Å²) in [6.07, 6.45) is 0. The summed E-state index contributed by atoms with van der Waals surface area (Å²) in [6, 6.07) is 15.3. The molecule has 0 bridgehead atoms. The molecule has 0 radical (unpaired) electrons. The fourth-order valence-corrected chi connectivity index (χ4v) is 3.31. The lowest BCUT2D eigenvalue weighted by Crippen LogP contribution is -2.37. The van der Waals surface area contributed by atoms with Gasteiger partial charge in [-0.3, -0.25) is 9.69 Å². The van der Waals surface area contributed by atoms with E-state index in [0.29, 0.717) is 34.8 Å². The van der Waals surface area contributed by atoms with Gasteiger partial charge < -0.3 is 14.6 Å². The number of halogens is 1. The maximum atomic E-state index is 12.6. The van der Waals surface area contributed by atoms with E-state index in [4.69, 9.17) is 16.0 Å². The summed E-state index contributed by atoms with van der Waals surface area (Å²) in [6.45, 7) is 0.678. The van der Waals surface area contributed by atoms with Crippen LogP contribution in [0.3, 0.4) is 0 Å². The van der Waals surface area contributed by atoms with Crippen molar-refractivity contribution in [3.05, 3.63) is 70.0 Å². The molecule has 1 aliphatic rings. The molecule has 0 aliphatic carbocycles. The number of fused-ring (bicyclic) bond motifs is 1. The van der Waals surface area contributed by atoms with E-state index < -0.39 is 11.5 Å². The zero-order chi connectivity index (χ0) is 19.7. The molecule has 0 atom stereocenters. The molecule has 3 aromatic rings. The molecule has 2 heterocycles. The molecule has 7 nitrogen and oxygen atoms in total. The molecule has 1 saturated heterocycles. The molecule has 0 unspecified atom stereocenters. The number of amides is 3. The highest BCUT2D eigenvalue weighted by Crippen LogP contribution is 2.23. The lowest BCUT2D eigenvalue weighted by molar-refractivity contribution is -0.116. The molecule has 1 aliphatic heterocycles. The Morgan fingerprint density at radius 1 is 1.07 bits per heavy atom. The van der Waals surface area contributed by atoms with Crippen molar-refractivity contribution >= 4 is 45.9 Å². The number of nitrogens with zero attached hydrogens (tertiary/aromatic N) is 2. The molecule has 2 aromatic carbocycles. The van der Waals surface area contributed by atoms with Crippen LogP contribution in [0, 0.1) is 0 Å². The second-order valence-electron chi connectivity index (χ2n) is 6.37. The average molecular weight is 398 g/mol. The third kappa shape index (κ3) is 3.57. The molecular weight excluding hydrogens is 382 g/mol. The molecular formula is C20H16ClN3O4. The Morgan fingerprint density at radius 2 is 1.89 bits per heavy atom. The van der Waals surface area contributed by atoms with Gasteiger partial charge in [-0.1, -0.05) is 35.9 Å². The fourth-order valence-electron chi connectivity index (χ4n) is 3.13. The molecule has 1 fully saturated rings. The predicted octanol–water partition coefficient (Wildman–Crippen LogP) is 3.33. The van der Waals surface area contributed by atoms with Crippen LogP contribution in [-0.4, -0.2) is 36.5 Å². The topological polar surface area (TPSA) is 82.9 Å².